The summed E-state index contributed by atoms with van der Waals surface area (Å²) in [7, 11) is 1.34. The topological polar surface area (TPSA) is 196 Å². The highest BCUT2D eigenvalue weighted by Crippen LogP contribution is 2.52. The Labute approximate surface area is 289 Å². The van der Waals surface area contributed by atoms with Gasteiger partial charge in [-0.3, -0.25) is 19.4 Å². The zero-order chi connectivity index (χ0) is 34.5. The minimum atomic E-state index is -2.26. The lowest BCUT2D eigenvalue weighted by molar-refractivity contribution is -0.247. The molecule has 0 spiro atoms. The Balaban J connectivity index is 0.00000468. The van der Waals surface area contributed by atoms with Crippen LogP contribution in [0.25, 0.3) is 0 Å². The summed E-state index contributed by atoms with van der Waals surface area (Å²) < 4.78 is 17.7. The zero-order valence-corrected chi connectivity index (χ0v) is 28.5. The molecule has 2 saturated heterocycles. The molecule has 2 aliphatic carbocycles. The van der Waals surface area contributed by atoms with Crippen LogP contribution in [0.5, 0.6) is 17.2 Å². The van der Waals surface area contributed by atoms with Crippen molar-refractivity contribution in [2.24, 2.45) is 4.99 Å². The Hall–Kier alpha value is -3.59. The van der Waals surface area contributed by atoms with E-state index in [9.17, 15) is 39.9 Å². The van der Waals surface area contributed by atoms with Crippen LogP contribution in [0.15, 0.2) is 23.2 Å². The van der Waals surface area contributed by atoms with Gasteiger partial charge in [0, 0.05) is 49.0 Å². The molecule has 2 aliphatic heterocycles. The van der Waals surface area contributed by atoms with Crippen LogP contribution in [0, 0.1) is 0 Å². The fourth-order valence-corrected chi connectivity index (χ4v) is 7.53. The van der Waals surface area contributed by atoms with Crippen LogP contribution in [0.4, 0.5) is 0 Å². The number of phenols is 2. The summed E-state index contributed by atoms with van der Waals surface area (Å²) in [6, 6.07) is 3.79. The highest BCUT2D eigenvalue weighted by molar-refractivity contribution is 6.31. The lowest BCUT2D eigenvalue weighted by Crippen LogP contribution is -2.50. The van der Waals surface area contributed by atoms with Crippen molar-refractivity contribution in [3.8, 4) is 17.2 Å². The number of halogens is 1. The second kappa shape index (κ2) is 14.3. The Morgan fingerprint density at radius 3 is 2.39 bits per heavy atom. The average Bonchev–Trinajstić information content (AvgIpc) is 3.36. The van der Waals surface area contributed by atoms with E-state index in [1.165, 1.54) is 25.3 Å². The fourth-order valence-electron chi connectivity index (χ4n) is 7.53. The van der Waals surface area contributed by atoms with Gasteiger partial charge in [0.1, 0.15) is 35.6 Å². The summed E-state index contributed by atoms with van der Waals surface area (Å²) in [5.41, 5.74) is -3.57. The maximum Gasteiger partial charge on any atom is 0.202 e. The first-order valence-electron chi connectivity index (χ1n) is 16.4. The van der Waals surface area contributed by atoms with Gasteiger partial charge in [-0.25, -0.2) is 0 Å². The quantitative estimate of drug-likeness (QED) is 0.143. The molecule has 5 N–H and O–H groups in total. The SMILES string of the molecule is COc1cccc2c1C(=O)c1c(O)c3c(c(O)c1C2=O)CC(O)(C(=O)CO)C[C@@H]3OC1C[C@H](N=C(C)N2CCCCCC2)[C@H](O)C(C)O1.Cl. The van der Waals surface area contributed by atoms with Crippen LogP contribution in [-0.4, -0.2) is 111 Å². The van der Waals surface area contributed by atoms with E-state index >= 15 is 0 Å². The molecule has 0 radical (unpaired) electrons. The van der Waals surface area contributed by atoms with E-state index in [2.05, 4.69) is 4.90 Å². The number of hydrogen-bond donors (Lipinski definition) is 5. The second-order valence-electron chi connectivity index (χ2n) is 13.1. The number of Topliss-reactive ketones (excluding diaryl/α,β-unsaturated/α-hetero) is 1. The highest BCUT2D eigenvalue weighted by Gasteiger charge is 2.50. The summed E-state index contributed by atoms with van der Waals surface area (Å²) in [5, 5.41) is 55.6. The number of phenolic OH excluding ortho intramolecular Hbond substituents is 2. The average molecular weight is 703 g/mol. The minimum absolute atomic E-state index is 0. The molecular weight excluding hydrogens is 660 g/mol. The number of hydrogen-bond acceptors (Lipinski definition) is 12. The smallest absolute Gasteiger partial charge is 0.202 e. The van der Waals surface area contributed by atoms with E-state index in [0.29, 0.717) is 0 Å². The molecule has 4 aliphatic rings. The van der Waals surface area contributed by atoms with Gasteiger partial charge >= 0.3 is 0 Å². The van der Waals surface area contributed by atoms with Gasteiger partial charge in [-0.1, -0.05) is 25.0 Å². The normalized spacial score (nSPS) is 28.5. The maximum atomic E-state index is 13.9. The molecule has 2 fully saturated rings. The van der Waals surface area contributed by atoms with Crippen molar-refractivity contribution in [2.45, 2.75) is 95.0 Å². The van der Waals surface area contributed by atoms with Crippen molar-refractivity contribution < 1.29 is 54.1 Å². The number of aliphatic hydroxyl groups is 3. The maximum absolute atomic E-state index is 13.9. The Morgan fingerprint density at radius 2 is 1.73 bits per heavy atom. The number of aliphatic imine (C=N–C) groups is 1. The number of nitrogens with zero attached hydrogens (tertiary/aromatic N) is 2. The standard InChI is InChI=1S/C35H42N2O11.ClH/c1-17-30(40)21(36-18(2)37-11-6-4-5-7-12-37)13-25(47-17)48-23-15-35(45,24(39)16-38)14-20-27(23)34(44)29-28(32(20)42)31(41)19-9-8-10-22(46-3)26(19)33(29)43;/h8-10,17,21,23,25,30,38,40,42,44-45H,4-7,11-16H2,1-3H3;1H/t17?,21-,23-,25?,30+,35?;/m0./s1. The molecule has 14 heteroatoms. The Kier molecular flexibility index (Phi) is 10.7. The van der Waals surface area contributed by atoms with Gasteiger partial charge in [-0.15, -0.1) is 12.4 Å². The van der Waals surface area contributed by atoms with Crippen molar-refractivity contribution in [2.75, 3.05) is 26.8 Å². The molecule has 6 rings (SSSR count). The molecule has 0 amide bonds. The summed E-state index contributed by atoms with van der Waals surface area (Å²) in [6.45, 7) is 4.29. The molecule has 2 aromatic rings. The van der Waals surface area contributed by atoms with Gasteiger partial charge in [0.15, 0.2) is 17.9 Å². The van der Waals surface area contributed by atoms with Crippen molar-refractivity contribution in [1.29, 1.82) is 0 Å². The first kappa shape index (κ1) is 36.7. The first-order valence-corrected chi connectivity index (χ1v) is 16.4. The molecular formula is C35H43ClN2O11. The third kappa shape index (κ3) is 6.44. The van der Waals surface area contributed by atoms with Crippen molar-refractivity contribution >= 4 is 35.6 Å². The number of benzene rings is 2. The van der Waals surface area contributed by atoms with Gasteiger partial charge in [0.2, 0.25) is 5.78 Å². The number of methoxy groups -OCH3 is 1. The predicted molar refractivity (Wildman–Crippen MR) is 178 cm³/mol. The molecule has 266 valence electrons. The van der Waals surface area contributed by atoms with Crippen LogP contribution in [0.3, 0.4) is 0 Å². The number of ether oxygens (including phenoxy) is 3. The van der Waals surface area contributed by atoms with Gasteiger partial charge in [0.25, 0.3) is 0 Å². The molecule has 2 heterocycles. The predicted octanol–water partition coefficient (Wildman–Crippen LogP) is 2.76. The van der Waals surface area contributed by atoms with Crippen LogP contribution in [0.1, 0.15) is 101 Å². The van der Waals surface area contributed by atoms with E-state index in [4.69, 9.17) is 19.2 Å². The minimum Gasteiger partial charge on any atom is -0.507 e. The highest BCUT2D eigenvalue weighted by atomic mass is 35.5. The van der Waals surface area contributed by atoms with E-state index in [-0.39, 0.29) is 46.8 Å². The third-order valence-electron chi connectivity index (χ3n) is 10.1. The van der Waals surface area contributed by atoms with E-state index in [0.717, 1.165) is 44.6 Å². The molecule has 2 aromatic carbocycles. The number of carbonyl (C=O) groups is 3. The van der Waals surface area contributed by atoms with Crippen molar-refractivity contribution in [1.82, 2.24) is 4.90 Å². The molecule has 13 nitrogen and oxygen atoms in total. The summed E-state index contributed by atoms with van der Waals surface area (Å²) in [5.74, 6) is -2.92. The fraction of sp³-hybridized carbons (Fsp3) is 0.543. The van der Waals surface area contributed by atoms with Gasteiger partial charge in [-0.05, 0) is 32.8 Å². The van der Waals surface area contributed by atoms with Gasteiger partial charge < -0.3 is 44.6 Å². The Morgan fingerprint density at radius 1 is 1.06 bits per heavy atom. The largest absolute Gasteiger partial charge is 0.507 e. The van der Waals surface area contributed by atoms with Crippen molar-refractivity contribution in [3.63, 3.8) is 0 Å². The number of amidine groups is 1. The number of fused-ring (bicyclic) bond motifs is 3. The molecule has 49 heavy (non-hydrogen) atoms. The summed E-state index contributed by atoms with van der Waals surface area (Å²) in [4.78, 5) is 47.6. The van der Waals surface area contributed by atoms with Gasteiger partial charge in [-0.2, -0.15) is 0 Å². The molecule has 0 bridgehead atoms. The van der Waals surface area contributed by atoms with Crippen LogP contribution in [0.2, 0.25) is 0 Å². The van der Waals surface area contributed by atoms with Crippen LogP contribution in [-0.2, 0) is 20.7 Å². The number of likely N-dealkylation sites (tertiary alicyclic amines) is 1. The van der Waals surface area contributed by atoms with Crippen molar-refractivity contribution in [3.05, 3.63) is 51.6 Å². The Bertz CT molecular complexity index is 1670. The van der Waals surface area contributed by atoms with E-state index in [1.54, 1.807) is 6.92 Å². The molecule has 6 atom stereocenters. The van der Waals surface area contributed by atoms with E-state index < -0.39 is 95.7 Å². The first-order chi connectivity index (χ1) is 22.9. The van der Waals surface area contributed by atoms with Crippen LogP contribution >= 0.6 is 12.4 Å². The zero-order valence-electron chi connectivity index (χ0n) is 27.7. The summed E-state index contributed by atoms with van der Waals surface area (Å²) in [6.07, 6.45) is -0.659. The number of ketones is 3. The van der Waals surface area contributed by atoms with Gasteiger partial charge in [0.05, 0.1) is 47.9 Å². The molecule has 0 aromatic heterocycles. The van der Waals surface area contributed by atoms with Crippen LogP contribution < -0.4 is 4.74 Å². The lowest BCUT2D eigenvalue weighted by atomic mass is 9.72. The number of rotatable bonds is 6. The second-order valence-corrected chi connectivity index (χ2v) is 13.1. The summed E-state index contributed by atoms with van der Waals surface area (Å²) >= 11 is 0. The van der Waals surface area contributed by atoms with E-state index in [1.807, 2.05) is 6.92 Å². The third-order valence-corrected chi connectivity index (χ3v) is 10.1. The molecule has 3 unspecified atom stereocenters. The lowest BCUT2D eigenvalue weighted by Gasteiger charge is -2.42. The number of aliphatic hydroxyl groups excluding tert-OH is 2. The number of aromatic hydroxyl groups is 2. The number of carbonyl (C=O) groups excluding carboxylic acids is 3. The molecule has 0 saturated carbocycles. The monoisotopic (exact) mass is 702 g/mol.